The fourth-order valence-corrected chi connectivity index (χ4v) is 3.87. The lowest BCUT2D eigenvalue weighted by atomic mass is 10.3. The average molecular weight is 429 g/mol. The van der Waals surface area contributed by atoms with Gasteiger partial charge in [0.05, 0.1) is 5.75 Å². The molecule has 11 heteroatoms. The molecule has 1 aliphatic heterocycles. The second kappa shape index (κ2) is 7.82. The van der Waals surface area contributed by atoms with Crippen molar-refractivity contribution < 1.29 is 14.3 Å². The minimum absolute atomic E-state index is 0.0235. The zero-order valence-corrected chi connectivity index (χ0v) is 17.4. The molecule has 10 nitrogen and oxygen atoms in total. The maximum absolute atomic E-state index is 12.7. The number of nitrogens with zero attached hydrogens (tertiary/aromatic N) is 4. The predicted molar refractivity (Wildman–Crippen MR) is 111 cm³/mol. The predicted octanol–water partition coefficient (Wildman–Crippen LogP) is 1.05. The van der Waals surface area contributed by atoms with Crippen LogP contribution in [0.5, 0.6) is 11.5 Å². The van der Waals surface area contributed by atoms with E-state index in [9.17, 15) is 14.4 Å². The number of hydrogen-bond donors (Lipinski definition) is 1. The van der Waals surface area contributed by atoms with Crippen molar-refractivity contribution in [2.24, 2.45) is 14.1 Å². The lowest BCUT2D eigenvalue weighted by Gasteiger charge is -2.11. The molecule has 30 heavy (non-hydrogen) atoms. The van der Waals surface area contributed by atoms with Crippen LogP contribution >= 0.6 is 11.8 Å². The SMILES string of the molecule is CCc1nc(SCC(=O)Nc2ccc3c(c2)OCO3)c2c(=O)n(C)c(=O)n(C)c2n1. The number of aryl methyl sites for hydroxylation is 2. The Kier molecular flexibility index (Phi) is 5.20. The van der Waals surface area contributed by atoms with Crippen molar-refractivity contribution in [2.75, 3.05) is 17.9 Å². The lowest BCUT2D eigenvalue weighted by molar-refractivity contribution is -0.113. The summed E-state index contributed by atoms with van der Waals surface area (Å²) in [7, 11) is 2.95. The molecule has 3 heterocycles. The minimum Gasteiger partial charge on any atom is -0.454 e. The van der Waals surface area contributed by atoms with Crippen molar-refractivity contribution in [3.05, 3.63) is 44.9 Å². The molecule has 0 bridgehead atoms. The maximum Gasteiger partial charge on any atom is 0.332 e. The summed E-state index contributed by atoms with van der Waals surface area (Å²) in [5.41, 5.74) is -0.127. The van der Waals surface area contributed by atoms with Gasteiger partial charge in [-0.3, -0.25) is 18.7 Å². The number of fused-ring (bicyclic) bond motifs is 2. The van der Waals surface area contributed by atoms with Crippen LogP contribution in [0.25, 0.3) is 11.0 Å². The molecule has 1 amide bonds. The molecule has 1 N–H and O–H groups in total. The van der Waals surface area contributed by atoms with Gasteiger partial charge in [0.1, 0.15) is 16.2 Å². The van der Waals surface area contributed by atoms with Crippen molar-refractivity contribution in [3.63, 3.8) is 0 Å². The van der Waals surface area contributed by atoms with Crippen LogP contribution in [-0.2, 0) is 25.3 Å². The Morgan fingerprint density at radius 3 is 2.70 bits per heavy atom. The first-order valence-corrected chi connectivity index (χ1v) is 10.2. The van der Waals surface area contributed by atoms with Crippen LogP contribution in [-0.4, -0.2) is 37.6 Å². The molecule has 2 aromatic heterocycles. The fraction of sp³-hybridized carbons (Fsp3) is 0.316. The summed E-state index contributed by atoms with van der Waals surface area (Å²) in [5, 5.41) is 3.38. The van der Waals surface area contributed by atoms with Crippen LogP contribution < -0.4 is 26.0 Å². The van der Waals surface area contributed by atoms with Crippen LogP contribution in [0, 0.1) is 0 Å². The van der Waals surface area contributed by atoms with Crippen LogP contribution in [0.1, 0.15) is 12.7 Å². The number of anilines is 1. The molecule has 0 unspecified atom stereocenters. The van der Waals surface area contributed by atoms with Gasteiger partial charge in [0.2, 0.25) is 12.7 Å². The van der Waals surface area contributed by atoms with Crippen LogP contribution in [0.4, 0.5) is 5.69 Å². The molecule has 4 rings (SSSR count). The van der Waals surface area contributed by atoms with Crippen molar-refractivity contribution in [3.8, 4) is 11.5 Å². The number of benzene rings is 1. The monoisotopic (exact) mass is 429 g/mol. The van der Waals surface area contributed by atoms with E-state index in [4.69, 9.17) is 9.47 Å². The summed E-state index contributed by atoms with van der Waals surface area (Å²) in [6, 6.07) is 5.13. The quantitative estimate of drug-likeness (QED) is 0.472. The molecule has 0 spiro atoms. The molecule has 0 aliphatic carbocycles. The first-order chi connectivity index (χ1) is 14.4. The zero-order chi connectivity index (χ0) is 21.4. The third-order valence-electron chi connectivity index (χ3n) is 4.63. The number of aromatic nitrogens is 4. The average Bonchev–Trinajstić information content (AvgIpc) is 3.22. The molecule has 1 aromatic carbocycles. The van der Waals surface area contributed by atoms with Gasteiger partial charge in [0.15, 0.2) is 17.1 Å². The summed E-state index contributed by atoms with van der Waals surface area (Å²) < 4.78 is 12.9. The van der Waals surface area contributed by atoms with Gasteiger partial charge in [-0.05, 0) is 12.1 Å². The fourth-order valence-electron chi connectivity index (χ4n) is 3.04. The highest BCUT2D eigenvalue weighted by atomic mass is 32.2. The molecule has 156 valence electrons. The Labute approximate surface area is 174 Å². The van der Waals surface area contributed by atoms with Crippen molar-refractivity contribution in [2.45, 2.75) is 18.4 Å². The van der Waals surface area contributed by atoms with Gasteiger partial charge in [-0.15, -0.1) is 0 Å². The summed E-state index contributed by atoms with van der Waals surface area (Å²) in [6.07, 6.45) is 0.524. The number of rotatable bonds is 5. The van der Waals surface area contributed by atoms with Crippen LogP contribution in [0.15, 0.2) is 32.8 Å². The molecule has 0 saturated heterocycles. The molecule has 0 saturated carbocycles. The molecule has 3 aromatic rings. The second-order valence-electron chi connectivity index (χ2n) is 6.61. The zero-order valence-electron chi connectivity index (χ0n) is 16.6. The van der Waals surface area contributed by atoms with Crippen molar-refractivity contribution >= 4 is 34.4 Å². The summed E-state index contributed by atoms with van der Waals surface area (Å²) >= 11 is 1.12. The second-order valence-corrected chi connectivity index (χ2v) is 7.57. The Bertz CT molecular complexity index is 1280. The first kappa shape index (κ1) is 20.0. The largest absolute Gasteiger partial charge is 0.454 e. The Morgan fingerprint density at radius 1 is 1.17 bits per heavy atom. The number of carbonyl (C=O) groups excluding carboxylic acids is 1. The highest BCUT2D eigenvalue weighted by Gasteiger charge is 2.18. The van der Waals surface area contributed by atoms with E-state index >= 15 is 0 Å². The van der Waals surface area contributed by atoms with Crippen LogP contribution in [0.2, 0.25) is 0 Å². The van der Waals surface area contributed by atoms with Crippen LogP contribution in [0.3, 0.4) is 0 Å². The van der Waals surface area contributed by atoms with Gasteiger partial charge in [-0.25, -0.2) is 14.8 Å². The van der Waals surface area contributed by atoms with E-state index in [1.807, 2.05) is 6.92 Å². The Hall–Kier alpha value is -3.34. The van der Waals surface area contributed by atoms with E-state index in [-0.39, 0.29) is 29.5 Å². The number of amides is 1. The van der Waals surface area contributed by atoms with E-state index in [0.29, 0.717) is 34.5 Å². The first-order valence-electron chi connectivity index (χ1n) is 9.18. The van der Waals surface area contributed by atoms with Crippen molar-refractivity contribution in [1.29, 1.82) is 0 Å². The standard InChI is InChI=1S/C19H19N5O5S/c1-4-13-21-16-15(18(26)24(3)19(27)23(16)2)17(22-13)30-8-14(25)20-10-5-6-11-12(7-10)29-9-28-11/h5-7H,4,8-9H2,1-3H3,(H,20,25). The molecule has 0 radical (unpaired) electrons. The molecule has 0 atom stereocenters. The normalized spacial score (nSPS) is 12.4. The van der Waals surface area contributed by atoms with E-state index in [1.54, 1.807) is 25.2 Å². The maximum atomic E-state index is 12.7. The smallest absolute Gasteiger partial charge is 0.332 e. The van der Waals surface area contributed by atoms with E-state index in [0.717, 1.165) is 16.3 Å². The molecule has 0 fully saturated rings. The van der Waals surface area contributed by atoms with E-state index in [2.05, 4.69) is 15.3 Å². The van der Waals surface area contributed by atoms with E-state index in [1.165, 1.54) is 11.6 Å². The highest BCUT2D eigenvalue weighted by molar-refractivity contribution is 8.00. The summed E-state index contributed by atoms with van der Waals surface area (Å²) in [6.45, 7) is 2.03. The highest BCUT2D eigenvalue weighted by Crippen LogP contribution is 2.34. The molecular formula is C19H19N5O5S. The minimum atomic E-state index is -0.491. The van der Waals surface area contributed by atoms with Gasteiger partial charge in [-0.1, -0.05) is 18.7 Å². The molecular weight excluding hydrogens is 410 g/mol. The van der Waals surface area contributed by atoms with Crippen molar-refractivity contribution in [1.82, 2.24) is 19.1 Å². The van der Waals surface area contributed by atoms with Gasteiger partial charge in [-0.2, -0.15) is 0 Å². The Balaban J connectivity index is 1.61. The number of hydrogen-bond acceptors (Lipinski definition) is 8. The summed E-state index contributed by atoms with van der Waals surface area (Å²) in [5.74, 6) is 1.44. The Morgan fingerprint density at radius 2 is 1.93 bits per heavy atom. The molecule has 1 aliphatic rings. The van der Waals surface area contributed by atoms with Gasteiger partial charge < -0.3 is 14.8 Å². The lowest BCUT2D eigenvalue weighted by Crippen LogP contribution is -2.37. The van der Waals surface area contributed by atoms with E-state index < -0.39 is 11.2 Å². The summed E-state index contributed by atoms with van der Waals surface area (Å²) in [4.78, 5) is 46.2. The third-order valence-corrected chi connectivity index (χ3v) is 5.60. The third kappa shape index (κ3) is 3.52. The van der Waals surface area contributed by atoms with Gasteiger partial charge in [0.25, 0.3) is 5.56 Å². The topological polar surface area (TPSA) is 117 Å². The number of thioether (sulfide) groups is 1. The van der Waals surface area contributed by atoms with Gasteiger partial charge >= 0.3 is 5.69 Å². The number of carbonyl (C=O) groups is 1. The van der Waals surface area contributed by atoms with Gasteiger partial charge in [0, 0.05) is 32.3 Å². The number of nitrogens with one attached hydrogen (secondary N) is 1. The number of ether oxygens (including phenoxy) is 2.